The van der Waals surface area contributed by atoms with Crippen LogP contribution in [0.4, 0.5) is 10.1 Å². The minimum atomic E-state index is -0.334. The van der Waals surface area contributed by atoms with E-state index >= 15 is 0 Å². The number of hydrogen-bond donors (Lipinski definition) is 2. The third-order valence-electron chi connectivity index (χ3n) is 2.75. The maximum Gasteiger partial charge on any atom is 0.150 e. The Bertz CT molecular complexity index is 356. The summed E-state index contributed by atoms with van der Waals surface area (Å²) in [5, 5.41) is 9.34. The van der Waals surface area contributed by atoms with Crippen molar-refractivity contribution in [2.24, 2.45) is 0 Å². The van der Waals surface area contributed by atoms with E-state index in [1.165, 1.54) is 0 Å². The molecule has 1 aromatic rings. The molecule has 1 aliphatic rings. The van der Waals surface area contributed by atoms with E-state index in [-0.39, 0.29) is 17.6 Å². The molecule has 1 unspecified atom stereocenters. The van der Waals surface area contributed by atoms with Crippen LogP contribution in [-0.2, 0) is 6.54 Å². The van der Waals surface area contributed by atoms with Gasteiger partial charge in [0.25, 0.3) is 0 Å². The first kappa shape index (κ1) is 10.4. The molecule has 0 saturated carbocycles. The lowest BCUT2D eigenvalue weighted by Crippen LogP contribution is -2.22. The lowest BCUT2D eigenvalue weighted by molar-refractivity contribution is 0.174. The van der Waals surface area contributed by atoms with Crippen molar-refractivity contribution in [3.63, 3.8) is 0 Å². The van der Waals surface area contributed by atoms with Crippen LogP contribution < -0.4 is 5.73 Å². The van der Waals surface area contributed by atoms with Crippen molar-refractivity contribution in [1.29, 1.82) is 0 Å². The standard InChI is InChI=1S/C11H15FN2O/c12-11-8(2-1-3-10(11)13)6-14-5-4-9(15)7-14/h1-3,9,15H,4-7,13H2. The highest BCUT2D eigenvalue weighted by molar-refractivity contribution is 5.42. The molecule has 1 aliphatic heterocycles. The van der Waals surface area contributed by atoms with Gasteiger partial charge in [0.2, 0.25) is 0 Å². The number of nitrogens with two attached hydrogens (primary N) is 1. The van der Waals surface area contributed by atoms with Gasteiger partial charge in [-0.05, 0) is 12.5 Å². The number of aliphatic hydroxyl groups excluding tert-OH is 1. The fraction of sp³-hybridized carbons (Fsp3) is 0.455. The van der Waals surface area contributed by atoms with Gasteiger partial charge in [-0.3, -0.25) is 4.90 Å². The van der Waals surface area contributed by atoms with Crippen LogP contribution in [0.25, 0.3) is 0 Å². The molecule has 2 rings (SSSR count). The summed E-state index contributed by atoms with van der Waals surface area (Å²) >= 11 is 0. The second kappa shape index (κ2) is 4.16. The first-order valence-corrected chi connectivity index (χ1v) is 5.10. The van der Waals surface area contributed by atoms with Gasteiger partial charge in [-0.15, -0.1) is 0 Å². The molecule has 1 saturated heterocycles. The Morgan fingerprint density at radius 3 is 3.00 bits per heavy atom. The Labute approximate surface area is 88.3 Å². The second-order valence-electron chi connectivity index (χ2n) is 4.00. The first-order valence-electron chi connectivity index (χ1n) is 5.10. The molecule has 0 bridgehead atoms. The number of rotatable bonds is 2. The molecule has 3 N–H and O–H groups in total. The van der Waals surface area contributed by atoms with E-state index in [4.69, 9.17) is 5.73 Å². The predicted molar refractivity (Wildman–Crippen MR) is 56.7 cm³/mol. The maximum atomic E-state index is 13.5. The van der Waals surface area contributed by atoms with E-state index in [0.29, 0.717) is 18.7 Å². The smallest absolute Gasteiger partial charge is 0.150 e. The summed E-state index contributed by atoms with van der Waals surface area (Å²) in [6.07, 6.45) is 0.498. The Hall–Kier alpha value is -1.13. The van der Waals surface area contributed by atoms with Crippen LogP contribution in [0.1, 0.15) is 12.0 Å². The lowest BCUT2D eigenvalue weighted by atomic mass is 10.2. The Balaban J connectivity index is 2.07. The van der Waals surface area contributed by atoms with Gasteiger partial charge in [0.1, 0.15) is 0 Å². The van der Waals surface area contributed by atoms with Gasteiger partial charge in [-0.1, -0.05) is 12.1 Å². The van der Waals surface area contributed by atoms with Gasteiger partial charge in [-0.2, -0.15) is 0 Å². The van der Waals surface area contributed by atoms with E-state index in [1.54, 1.807) is 18.2 Å². The lowest BCUT2D eigenvalue weighted by Gasteiger charge is -2.15. The normalized spacial score (nSPS) is 22.1. The largest absolute Gasteiger partial charge is 0.396 e. The van der Waals surface area contributed by atoms with E-state index in [0.717, 1.165) is 13.0 Å². The summed E-state index contributed by atoms with van der Waals surface area (Å²) in [6, 6.07) is 5.04. The van der Waals surface area contributed by atoms with Crippen LogP contribution >= 0.6 is 0 Å². The highest BCUT2D eigenvalue weighted by atomic mass is 19.1. The monoisotopic (exact) mass is 210 g/mol. The van der Waals surface area contributed by atoms with E-state index in [9.17, 15) is 9.50 Å². The molecule has 1 atom stereocenters. The van der Waals surface area contributed by atoms with Crippen molar-refractivity contribution < 1.29 is 9.50 Å². The van der Waals surface area contributed by atoms with Gasteiger partial charge < -0.3 is 10.8 Å². The molecule has 0 radical (unpaired) electrons. The summed E-state index contributed by atoms with van der Waals surface area (Å²) in [7, 11) is 0. The quantitative estimate of drug-likeness (QED) is 0.715. The average Bonchev–Trinajstić information content (AvgIpc) is 2.59. The topological polar surface area (TPSA) is 49.5 Å². The molecule has 0 amide bonds. The summed E-state index contributed by atoms with van der Waals surface area (Å²) in [5.41, 5.74) is 6.27. The van der Waals surface area contributed by atoms with Gasteiger partial charge in [-0.25, -0.2) is 4.39 Å². The molecule has 15 heavy (non-hydrogen) atoms. The number of nitrogens with zero attached hydrogens (tertiary/aromatic N) is 1. The molecule has 0 spiro atoms. The van der Waals surface area contributed by atoms with E-state index in [1.807, 2.05) is 4.90 Å². The third-order valence-corrected chi connectivity index (χ3v) is 2.75. The fourth-order valence-electron chi connectivity index (χ4n) is 1.92. The molecular formula is C11H15FN2O. The molecular weight excluding hydrogens is 195 g/mol. The minimum Gasteiger partial charge on any atom is -0.396 e. The molecule has 82 valence electrons. The van der Waals surface area contributed by atoms with E-state index < -0.39 is 0 Å². The summed E-state index contributed by atoms with van der Waals surface area (Å²) < 4.78 is 13.5. The minimum absolute atomic E-state index is 0.187. The van der Waals surface area contributed by atoms with Crippen LogP contribution in [0.2, 0.25) is 0 Å². The van der Waals surface area contributed by atoms with Crippen molar-refractivity contribution in [3.8, 4) is 0 Å². The number of likely N-dealkylation sites (tertiary alicyclic amines) is 1. The molecule has 0 aromatic heterocycles. The molecule has 3 nitrogen and oxygen atoms in total. The van der Waals surface area contributed by atoms with Gasteiger partial charge >= 0.3 is 0 Å². The van der Waals surface area contributed by atoms with Crippen molar-refractivity contribution in [3.05, 3.63) is 29.6 Å². The second-order valence-corrected chi connectivity index (χ2v) is 4.00. The van der Waals surface area contributed by atoms with Crippen LogP contribution in [0.15, 0.2) is 18.2 Å². The fourth-order valence-corrected chi connectivity index (χ4v) is 1.92. The number of halogens is 1. The predicted octanol–water partition coefficient (Wildman–Crippen LogP) is 0.975. The Morgan fingerprint density at radius 2 is 2.33 bits per heavy atom. The SMILES string of the molecule is Nc1cccc(CN2CCC(O)C2)c1F. The number of β-amino-alcohol motifs (C(OH)–C–C–N with tert-alkyl or cyclic N) is 1. The van der Waals surface area contributed by atoms with Crippen LogP contribution in [-0.4, -0.2) is 29.2 Å². The molecule has 1 fully saturated rings. The van der Waals surface area contributed by atoms with Crippen molar-refractivity contribution >= 4 is 5.69 Å². The number of anilines is 1. The summed E-state index contributed by atoms with van der Waals surface area (Å²) in [4.78, 5) is 2.03. The van der Waals surface area contributed by atoms with Gasteiger partial charge in [0, 0.05) is 25.2 Å². The van der Waals surface area contributed by atoms with Crippen LogP contribution in [0, 0.1) is 5.82 Å². The number of benzene rings is 1. The zero-order valence-electron chi connectivity index (χ0n) is 8.49. The first-order chi connectivity index (χ1) is 7.16. The molecule has 1 aromatic carbocycles. The van der Waals surface area contributed by atoms with Crippen molar-refractivity contribution in [1.82, 2.24) is 4.90 Å². The van der Waals surface area contributed by atoms with Crippen LogP contribution in [0.5, 0.6) is 0 Å². The highest BCUT2D eigenvalue weighted by Crippen LogP contribution is 2.19. The third kappa shape index (κ3) is 2.27. The zero-order chi connectivity index (χ0) is 10.8. The van der Waals surface area contributed by atoms with Crippen molar-refractivity contribution in [2.45, 2.75) is 19.1 Å². The van der Waals surface area contributed by atoms with E-state index in [2.05, 4.69) is 0 Å². The summed E-state index contributed by atoms with van der Waals surface area (Å²) in [6.45, 7) is 1.96. The average molecular weight is 210 g/mol. The van der Waals surface area contributed by atoms with Gasteiger partial charge in [0.05, 0.1) is 11.8 Å². The Kier molecular flexibility index (Phi) is 2.88. The molecule has 0 aliphatic carbocycles. The maximum absolute atomic E-state index is 13.5. The van der Waals surface area contributed by atoms with Crippen molar-refractivity contribution in [2.75, 3.05) is 18.8 Å². The number of hydrogen-bond acceptors (Lipinski definition) is 3. The summed E-state index contributed by atoms with van der Waals surface area (Å²) in [5.74, 6) is -0.334. The highest BCUT2D eigenvalue weighted by Gasteiger charge is 2.21. The molecule has 4 heteroatoms. The zero-order valence-corrected chi connectivity index (χ0v) is 8.49. The van der Waals surface area contributed by atoms with Gasteiger partial charge in [0.15, 0.2) is 5.82 Å². The number of aliphatic hydroxyl groups is 1. The molecule has 1 heterocycles. The Morgan fingerprint density at radius 1 is 1.53 bits per heavy atom. The van der Waals surface area contributed by atoms with Crippen LogP contribution in [0.3, 0.4) is 0 Å². The number of nitrogen functional groups attached to an aromatic ring is 1.